The first-order valence-corrected chi connectivity index (χ1v) is 13.2. The van der Waals surface area contributed by atoms with Crippen molar-refractivity contribution in [3.63, 3.8) is 0 Å². The van der Waals surface area contributed by atoms with Gasteiger partial charge in [0.2, 0.25) is 0 Å². The van der Waals surface area contributed by atoms with Crippen LogP contribution in [0, 0.1) is 0 Å². The molecule has 0 aliphatic carbocycles. The van der Waals surface area contributed by atoms with Crippen molar-refractivity contribution >= 4 is 11.9 Å². The Morgan fingerprint density at radius 2 is 0.861 bits per heavy atom. The van der Waals surface area contributed by atoms with E-state index in [1.54, 1.807) is 0 Å². The maximum atomic E-state index is 11.1. The van der Waals surface area contributed by atoms with Crippen LogP contribution in [0.3, 0.4) is 0 Å². The molecule has 212 valence electrons. The van der Waals surface area contributed by atoms with Crippen LogP contribution in [-0.4, -0.2) is 103 Å². The highest BCUT2D eigenvalue weighted by Gasteiger charge is 1.99. The number of carboxylic acid groups (broad SMARTS) is 1. The molecule has 0 saturated carbocycles. The molecule has 10 heteroatoms. The summed E-state index contributed by atoms with van der Waals surface area (Å²) in [6.45, 7) is 8.26. The largest absolute Gasteiger partial charge is 0.478 e. The fraction of sp³-hybridized carbons (Fsp3) is 0.846. The molecule has 0 heterocycles. The Bertz CT molecular complexity index is 513. The number of ether oxygens (including phenoxy) is 7. The summed E-state index contributed by atoms with van der Waals surface area (Å²) in [7, 11) is 0. The van der Waals surface area contributed by atoms with E-state index in [-0.39, 0.29) is 13.2 Å². The van der Waals surface area contributed by atoms with Gasteiger partial charge in [0.05, 0.1) is 72.7 Å². The highest BCUT2D eigenvalue weighted by molar-refractivity contribution is 5.90. The first kappa shape index (κ1) is 34.4. The summed E-state index contributed by atoms with van der Waals surface area (Å²) < 4.78 is 37.3. The molecule has 0 atom stereocenters. The lowest BCUT2D eigenvalue weighted by Gasteiger charge is -2.08. The van der Waals surface area contributed by atoms with Crippen LogP contribution >= 0.6 is 0 Å². The molecule has 0 saturated heterocycles. The number of carbonyl (C=O) groups excluding carboxylic acids is 1. The quantitative estimate of drug-likeness (QED) is 0.0893. The average molecular weight is 521 g/mol. The molecule has 0 unspecified atom stereocenters. The predicted octanol–water partition coefficient (Wildman–Crippen LogP) is 3.41. The van der Waals surface area contributed by atoms with Crippen molar-refractivity contribution in [3.05, 3.63) is 12.2 Å². The normalized spacial score (nSPS) is 11.4. The maximum absolute atomic E-state index is 11.1. The lowest BCUT2D eigenvalue weighted by Crippen LogP contribution is -2.15. The van der Waals surface area contributed by atoms with E-state index in [9.17, 15) is 9.59 Å². The Balaban J connectivity index is 3.10. The summed E-state index contributed by atoms with van der Waals surface area (Å²) in [6, 6.07) is 0. The Labute approximate surface area is 216 Å². The number of esters is 1. The van der Waals surface area contributed by atoms with Crippen LogP contribution in [0.5, 0.6) is 0 Å². The van der Waals surface area contributed by atoms with Gasteiger partial charge in [0.1, 0.15) is 6.61 Å². The molecule has 0 aromatic carbocycles. The number of hydrogen-bond donors (Lipinski definition) is 1. The van der Waals surface area contributed by atoms with E-state index in [1.807, 2.05) is 0 Å². The fourth-order valence-electron chi connectivity index (χ4n) is 2.93. The summed E-state index contributed by atoms with van der Waals surface area (Å²) in [5.74, 6) is -1.93. The second-order valence-corrected chi connectivity index (χ2v) is 7.99. The van der Waals surface area contributed by atoms with E-state index >= 15 is 0 Å². The molecule has 0 spiro atoms. The maximum Gasteiger partial charge on any atom is 0.331 e. The Kier molecular flexibility index (Phi) is 28.4. The zero-order valence-electron chi connectivity index (χ0n) is 22.1. The average Bonchev–Trinajstić information content (AvgIpc) is 2.87. The lowest BCUT2D eigenvalue weighted by atomic mass is 10.1. The lowest BCUT2D eigenvalue weighted by molar-refractivity contribution is -0.140. The van der Waals surface area contributed by atoms with Gasteiger partial charge in [-0.3, -0.25) is 0 Å². The molecule has 10 nitrogen and oxygen atoms in total. The highest BCUT2D eigenvalue weighted by atomic mass is 16.6. The van der Waals surface area contributed by atoms with Crippen molar-refractivity contribution in [1.82, 2.24) is 0 Å². The van der Waals surface area contributed by atoms with Crippen molar-refractivity contribution < 1.29 is 47.9 Å². The van der Waals surface area contributed by atoms with Crippen molar-refractivity contribution in [2.24, 2.45) is 0 Å². The van der Waals surface area contributed by atoms with Gasteiger partial charge in [-0.25, -0.2) is 9.59 Å². The molecule has 1 N–H and O–H groups in total. The van der Waals surface area contributed by atoms with E-state index in [0.29, 0.717) is 66.1 Å². The first-order valence-electron chi connectivity index (χ1n) is 13.2. The van der Waals surface area contributed by atoms with Gasteiger partial charge in [0.15, 0.2) is 0 Å². The van der Waals surface area contributed by atoms with Crippen LogP contribution in [0.2, 0.25) is 0 Å². The van der Waals surface area contributed by atoms with Gasteiger partial charge in [-0.2, -0.15) is 0 Å². The minimum absolute atomic E-state index is 0.0457. The monoisotopic (exact) mass is 520 g/mol. The predicted molar refractivity (Wildman–Crippen MR) is 135 cm³/mol. The molecule has 0 fully saturated rings. The molecular weight excluding hydrogens is 472 g/mol. The molecule has 0 amide bonds. The van der Waals surface area contributed by atoms with E-state index in [4.69, 9.17) is 38.3 Å². The van der Waals surface area contributed by atoms with E-state index in [2.05, 4.69) is 6.92 Å². The van der Waals surface area contributed by atoms with Gasteiger partial charge in [-0.1, -0.05) is 51.9 Å². The molecule has 0 bridgehead atoms. The summed E-state index contributed by atoms with van der Waals surface area (Å²) in [6.07, 6.45) is 12.0. The Morgan fingerprint density at radius 3 is 1.28 bits per heavy atom. The van der Waals surface area contributed by atoms with Gasteiger partial charge in [0.25, 0.3) is 0 Å². The molecule has 36 heavy (non-hydrogen) atoms. The molecule has 0 radical (unpaired) electrons. The van der Waals surface area contributed by atoms with Crippen LogP contribution in [-0.2, 0) is 42.7 Å². The van der Waals surface area contributed by atoms with Crippen molar-refractivity contribution in [3.8, 4) is 0 Å². The third-order valence-electron chi connectivity index (χ3n) is 4.84. The third-order valence-corrected chi connectivity index (χ3v) is 4.84. The number of carboxylic acids is 1. The highest BCUT2D eigenvalue weighted by Crippen LogP contribution is 2.08. The number of unbranched alkanes of at least 4 members (excludes halogenated alkanes) is 7. The molecule has 0 aromatic heterocycles. The Morgan fingerprint density at radius 1 is 0.500 bits per heavy atom. The molecule has 0 aliphatic heterocycles. The van der Waals surface area contributed by atoms with Crippen LogP contribution in [0.25, 0.3) is 0 Å². The number of carbonyl (C=O) groups is 2. The molecular formula is C26H48O10. The van der Waals surface area contributed by atoms with E-state index < -0.39 is 11.9 Å². The van der Waals surface area contributed by atoms with Gasteiger partial charge < -0.3 is 38.3 Å². The van der Waals surface area contributed by atoms with Gasteiger partial charge in [0, 0.05) is 18.8 Å². The second kappa shape index (κ2) is 29.7. The van der Waals surface area contributed by atoms with Crippen molar-refractivity contribution in [1.29, 1.82) is 0 Å². The second-order valence-electron chi connectivity index (χ2n) is 7.99. The van der Waals surface area contributed by atoms with Crippen molar-refractivity contribution in [2.75, 3.05) is 85.9 Å². The summed E-state index contributed by atoms with van der Waals surface area (Å²) >= 11 is 0. The Hall–Kier alpha value is -1.56. The molecule has 0 aromatic rings. The zero-order valence-corrected chi connectivity index (χ0v) is 22.1. The number of hydrogen-bond acceptors (Lipinski definition) is 9. The minimum atomic E-state index is -1.21. The minimum Gasteiger partial charge on any atom is -0.478 e. The smallest absolute Gasteiger partial charge is 0.331 e. The van der Waals surface area contributed by atoms with E-state index in [0.717, 1.165) is 25.2 Å². The SMILES string of the molecule is CCCCCCCCCCOCCOCCOCCOCCOCCOCCOC(=O)/C=C\C(=O)O. The van der Waals surface area contributed by atoms with E-state index in [1.165, 1.54) is 44.9 Å². The standard InChI is InChI=1S/C26H48O10/c1-2-3-4-5-6-7-8-9-12-30-13-14-31-15-16-32-17-18-33-19-20-34-21-22-35-23-24-36-26(29)11-10-25(27)28/h10-11H,2-9,12-24H2,1H3,(H,27,28)/b11-10-. The zero-order chi connectivity index (χ0) is 26.4. The van der Waals surface area contributed by atoms with Crippen LogP contribution in [0.1, 0.15) is 58.3 Å². The summed E-state index contributed by atoms with van der Waals surface area (Å²) in [5, 5.41) is 8.38. The number of aliphatic carboxylic acids is 1. The first-order chi connectivity index (χ1) is 17.7. The summed E-state index contributed by atoms with van der Waals surface area (Å²) in [5.41, 5.74) is 0. The molecule has 0 rings (SSSR count). The van der Waals surface area contributed by atoms with Crippen LogP contribution in [0.15, 0.2) is 12.2 Å². The van der Waals surface area contributed by atoms with Crippen LogP contribution in [0.4, 0.5) is 0 Å². The topological polar surface area (TPSA) is 119 Å². The van der Waals surface area contributed by atoms with Gasteiger partial charge >= 0.3 is 11.9 Å². The third kappa shape index (κ3) is 30.5. The summed E-state index contributed by atoms with van der Waals surface area (Å²) in [4.78, 5) is 21.3. The van der Waals surface area contributed by atoms with Crippen LogP contribution < -0.4 is 0 Å². The molecule has 0 aliphatic rings. The van der Waals surface area contributed by atoms with Crippen molar-refractivity contribution in [2.45, 2.75) is 58.3 Å². The number of rotatable bonds is 29. The fourth-order valence-corrected chi connectivity index (χ4v) is 2.93. The van der Waals surface area contributed by atoms with Gasteiger partial charge in [-0.05, 0) is 6.42 Å². The van der Waals surface area contributed by atoms with Gasteiger partial charge in [-0.15, -0.1) is 0 Å².